The van der Waals surface area contributed by atoms with E-state index in [2.05, 4.69) is 5.32 Å². The third kappa shape index (κ3) is 5.05. The van der Waals surface area contributed by atoms with E-state index in [1.165, 1.54) is 12.1 Å². The van der Waals surface area contributed by atoms with Gasteiger partial charge >= 0.3 is 0 Å². The maximum absolute atomic E-state index is 11.7. The lowest BCUT2D eigenvalue weighted by Crippen LogP contribution is -2.37. The van der Waals surface area contributed by atoms with Crippen LogP contribution in [0.15, 0.2) is 24.3 Å². The van der Waals surface area contributed by atoms with Crippen LogP contribution in [0.5, 0.6) is 11.5 Å². The average molecular weight is 253 g/mol. The second-order valence-electron chi connectivity index (χ2n) is 3.89. The zero-order valence-electron chi connectivity index (χ0n) is 10.7. The van der Waals surface area contributed by atoms with Gasteiger partial charge in [0.15, 0.2) is 6.10 Å². The highest BCUT2D eigenvalue weighted by Crippen LogP contribution is 2.17. The summed E-state index contributed by atoms with van der Waals surface area (Å²) in [6, 6.07) is 6.26. The molecule has 0 aliphatic rings. The van der Waals surface area contributed by atoms with E-state index in [4.69, 9.17) is 14.6 Å². The number of methoxy groups -OCH3 is 1. The smallest absolute Gasteiger partial charge is 0.260 e. The van der Waals surface area contributed by atoms with Crippen molar-refractivity contribution in [2.75, 3.05) is 20.3 Å². The Morgan fingerprint density at radius 2 is 2.06 bits per heavy atom. The largest absolute Gasteiger partial charge is 0.508 e. The summed E-state index contributed by atoms with van der Waals surface area (Å²) in [5.41, 5.74) is 0. The molecule has 0 saturated heterocycles. The van der Waals surface area contributed by atoms with E-state index >= 15 is 0 Å². The molecule has 5 heteroatoms. The van der Waals surface area contributed by atoms with Gasteiger partial charge in [0.1, 0.15) is 11.5 Å². The fourth-order valence-corrected chi connectivity index (χ4v) is 1.35. The monoisotopic (exact) mass is 253 g/mol. The van der Waals surface area contributed by atoms with Gasteiger partial charge in [0.2, 0.25) is 0 Å². The van der Waals surface area contributed by atoms with E-state index < -0.39 is 6.10 Å². The zero-order valence-corrected chi connectivity index (χ0v) is 10.7. The van der Waals surface area contributed by atoms with Crippen molar-refractivity contribution in [3.8, 4) is 11.5 Å². The van der Waals surface area contributed by atoms with Gasteiger partial charge in [-0.05, 0) is 37.6 Å². The number of phenols is 1. The minimum atomic E-state index is -0.572. The van der Waals surface area contributed by atoms with Crippen LogP contribution in [0.1, 0.15) is 13.3 Å². The first kappa shape index (κ1) is 14.3. The Morgan fingerprint density at radius 1 is 1.39 bits per heavy atom. The molecule has 0 spiro atoms. The van der Waals surface area contributed by atoms with Crippen molar-refractivity contribution in [2.45, 2.75) is 19.4 Å². The molecule has 0 heterocycles. The van der Waals surface area contributed by atoms with Gasteiger partial charge < -0.3 is 19.9 Å². The number of ether oxygens (including phenoxy) is 2. The normalized spacial score (nSPS) is 11.9. The minimum Gasteiger partial charge on any atom is -0.508 e. The molecule has 2 N–H and O–H groups in total. The molecule has 1 aromatic carbocycles. The Kier molecular flexibility index (Phi) is 6.00. The first-order valence-corrected chi connectivity index (χ1v) is 5.86. The number of phenolic OH excluding ortho intramolecular Hbond substituents is 1. The van der Waals surface area contributed by atoms with Crippen LogP contribution in [0.3, 0.4) is 0 Å². The predicted octanol–water partition coefficient (Wildman–Crippen LogP) is 1.31. The van der Waals surface area contributed by atoms with Crippen LogP contribution in [0, 0.1) is 0 Å². The molecule has 1 unspecified atom stereocenters. The van der Waals surface area contributed by atoms with Gasteiger partial charge in [-0.3, -0.25) is 4.79 Å². The summed E-state index contributed by atoms with van der Waals surface area (Å²) in [4.78, 5) is 11.7. The summed E-state index contributed by atoms with van der Waals surface area (Å²) < 4.78 is 10.3. The van der Waals surface area contributed by atoms with Crippen molar-refractivity contribution in [2.24, 2.45) is 0 Å². The van der Waals surface area contributed by atoms with Crippen LogP contribution in [-0.4, -0.2) is 37.4 Å². The molecule has 0 fully saturated rings. The topological polar surface area (TPSA) is 67.8 Å². The summed E-state index contributed by atoms with van der Waals surface area (Å²) in [5, 5.41) is 11.9. The van der Waals surface area contributed by atoms with E-state index in [9.17, 15) is 4.79 Å². The van der Waals surface area contributed by atoms with Crippen molar-refractivity contribution in [1.29, 1.82) is 0 Å². The predicted molar refractivity (Wildman–Crippen MR) is 67.7 cm³/mol. The molecule has 0 aliphatic carbocycles. The Morgan fingerprint density at radius 3 is 2.67 bits per heavy atom. The van der Waals surface area contributed by atoms with Crippen molar-refractivity contribution >= 4 is 5.91 Å². The third-order valence-electron chi connectivity index (χ3n) is 2.34. The highest BCUT2D eigenvalue weighted by atomic mass is 16.5. The molecule has 0 radical (unpaired) electrons. The van der Waals surface area contributed by atoms with Gasteiger partial charge in [-0.2, -0.15) is 0 Å². The van der Waals surface area contributed by atoms with Crippen molar-refractivity contribution in [3.63, 3.8) is 0 Å². The number of aromatic hydroxyl groups is 1. The maximum Gasteiger partial charge on any atom is 0.260 e. The second kappa shape index (κ2) is 7.55. The quantitative estimate of drug-likeness (QED) is 0.719. The van der Waals surface area contributed by atoms with E-state index in [0.29, 0.717) is 18.9 Å². The SMILES string of the molecule is COCCCNC(=O)C(C)Oc1ccc(O)cc1. The highest BCUT2D eigenvalue weighted by Gasteiger charge is 2.13. The van der Waals surface area contributed by atoms with E-state index in [1.54, 1.807) is 26.2 Å². The molecule has 1 rings (SSSR count). The lowest BCUT2D eigenvalue weighted by Gasteiger charge is -2.14. The molecule has 0 aromatic heterocycles. The average Bonchev–Trinajstić information content (AvgIpc) is 2.37. The molecule has 100 valence electrons. The van der Waals surface area contributed by atoms with Gasteiger partial charge in [0.25, 0.3) is 5.91 Å². The van der Waals surface area contributed by atoms with Crippen molar-refractivity contribution in [1.82, 2.24) is 5.32 Å². The molecule has 5 nitrogen and oxygen atoms in total. The van der Waals surface area contributed by atoms with E-state index in [-0.39, 0.29) is 11.7 Å². The van der Waals surface area contributed by atoms with Crippen LogP contribution in [-0.2, 0) is 9.53 Å². The van der Waals surface area contributed by atoms with Crippen LogP contribution < -0.4 is 10.1 Å². The number of rotatable bonds is 7. The zero-order chi connectivity index (χ0) is 13.4. The van der Waals surface area contributed by atoms with E-state index in [1.807, 2.05) is 0 Å². The molecule has 0 saturated carbocycles. The second-order valence-corrected chi connectivity index (χ2v) is 3.89. The molecule has 1 amide bonds. The third-order valence-corrected chi connectivity index (χ3v) is 2.34. The maximum atomic E-state index is 11.7. The molecule has 0 aliphatic heterocycles. The Labute approximate surface area is 107 Å². The molecular weight excluding hydrogens is 234 g/mol. The molecule has 1 atom stereocenters. The standard InChI is InChI=1S/C13H19NO4/c1-10(13(16)14-8-3-9-17-2)18-12-6-4-11(15)5-7-12/h4-7,10,15H,3,8-9H2,1-2H3,(H,14,16). The Hall–Kier alpha value is -1.75. The van der Waals surface area contributed by atoms with Gasteiger partial charge in [0, 0.05) is 20.3 Å². The molecule has 0 bridgehead atoms. The first-order valence-electron chi connectivity index (χ1n) is 5.86. The summed E-state index contributed by atoms with van der Waals surface area (Å²) in [5.74, 6) is 0.547. The van der Waals surface area contributed by atoms with Crippen molar-refractivity contribution in [3.05, 3.63) is 24.3 Å². The van der Waals surface area contributed by atoms with Crippen LogP contribution in [0.2, 0.25) is 0 Å². The van der Waals surface area contributed by atoms with Gasteiger partial charge in [0.05, 0.1) is 0 Å². The minimum absolute atomic E-state index is 0.166. The van der Waals surface area contributed by atoms with Crippen LogP contribution in [0.25, 0.3) is 0 Å². The number of benzene rings is 1. The Balaban J connectivity index is 2.33. The van der Waals surface area contributed by atoms with Gasteiger partial charge in [-0.1, -0.05) is 0 Å². The summed E-state index contributed by atoms with van der Waals surface area (Å²) in [6.07, 6.45) is 0.200. The molecule has 18 heavy (non-hydrogen) atoms. The molecule has 1 aromatic rings. The lowest BCUT2D eigenvalue weighted by atomic mass is 10.3. The van der Waals surface area contributed by atoms with Crippen molar-refractivity contribution < 1.29 is 19.4 Å². The fourth-order valence-electron chi connectivity index (χ4n) is 1.35. The fraction of sp³-hybridized carbons (Fsp3) is 0.462. The lowest BCUT2D eigenvalue weighted by molar-refractivity contribution is -0.127. The van der Waals surface area contributed by atoms with Gasteiger partial charge in [-0.15, -0.1) is 0 Å². The number of carbonyl (C=O) groups excluding carboxylic acids is 1. The number of carbonyl (C=O) groups is 1. The summed E-state index contributed by atoms with van der Waals surface area (Å²) in [7, 11) is 1.62. The van der Waals surface area contributed by atoms with Gasteiger partial charge in [-0.25, -0.2) is 0 Å². The number of hydrogen-bond acceptors (Lipinski definition) is 4. The van der Waals surface area contributed by atoms with Crippen LogP contribution in [0.4, 0.5) is 0 Å². The van der Waals surface area contributed by atoms with Crippen LogP contribution >= 0.6 is 0 Å². The Bertz CT molecular complexity index is 364. The molecular formula is C13H19NO4. The number of nitrogens with one attached hydrogen (secondary N) is 1. The van der Waals surface area contributed by atoms with E-state index in [0.717, 1.165) is 6.42 Å². The number of hydrogen-bond donors (Lipinski definition) is 2. The summed E-state index contributed by atoms with van der Waals surface area (Å²) >= 11 is 0. The number of amides is 1. The highest BCUT2D eigenvalue weighted by molar-refractivity contribution is 5.80. The first-order chi connectivity index (χ1) is 8.63. The summed E-state index contributed by atoms with van der Waals surface area (Å²) in [6.45, 7) is 2.86.